The maximum Gasteiger partial charge on any atom is 0.262 e. The number of nitrogens with one attached hydrogen (secondary N) is 3. The van der Waals surface area contributed by atoms with Crippen molar-refractivity contribution in [1.82, 2.24) is 10.9 Å². The first-order valence-electron chi connectivity index (χ1n) is 9.06. The molecule has 0 aliphatic heterocycles. The molecule has 0 fully saturated rings. The van der Waals surface area contributed by atoms with E-state index < -0.39 is 17.7 Å². The highest BCUT2D eigenvalue weighted by Crippen LogP contribution is 2.28. The van der Waals surface area contributed by atoms with Gasteiger partial charge in [0.15, 0.2) is 11.5 Å². The Bertz CT molecular complexity index is 995. The summed E-state index contributed by atoms with van der Waals surface area (Å²) >= 11 is 11.8. The zero-order valence-electron chi connectivity index (χ0n) is 16.8. The highest BCUT2D eigenvalue weighted by atomic mass is 35.5. The Labute approximate surface area is 189 Å². The minimum Gasteiger partial charge on any atom is -0.493 e. The summed E-state index contributed by atoms with van der Waals surface area (Å²) < 4.78 is 10.3. The van der Waals surface area contributed by atoms with Gasteiger partial charge >= 0.3 is 0 Å². The SMILES string of the molecule is COc1ccc(/C=C/C(=O)NNC(=O)CCC(=O)Nc2ccc(Cl)cc2Cl)cc1OC. The third kappa shape index (κ3) is 7.84. The molecule has 0 bridgehead atoms. The Morgan fingerprint density at radius 3 is 2.29 bits per heavy atom. The van der Waals surface area contributed by atoms with Crippen molar-refractivity contribution in [3.05, 3.63) is 58.1 Å². The van der Waals surface area contributed by atoms with Gasteiger partial charge in [-0.25, -0.2) is 0 Å². The van der Waals surface area contributed by atoms with Gasteiger partial charge in [0.2, 0.25) is 11.8 Å². The number of carbonyl (C=O) groups excluding carboxylic acids is 3. The number of benzene rings is 2. The van der Waals surface area contributed by atoms with Crippen LogP contribution in [0.2, 0.25) is 10.0 Å². The molecule has 0 atom stereocenters. The lowest BCUT2D eigenvalue weighted by molar-refractivity contribution is -0.128. The van der Waals surface area contributed by atoms with Crippen LogP contribution in [-0.4, -0.2) is 31.9 Å². The number of ether oxygens (including phenoxy) is 2. The van der Waals surface area contributed by atoms with Gasteiger partial charge in [-0.15, -0.1) is 0 Å². The highest BCUT2D eigenvalue weighted by Gasteiger charge is 2.10. The number of anilines is 1. The molecule has 164 valence electrons. The van der Waals surface area contributed by atoms with Crippen molar-refractivity contribution in [3.63, 3.8) is 0 Å². The number of carbonyl (C=O) groups is 3. The molecule has 0 aromatic heterocycles. The van der Waals surface area contributed by atoms with Crippen molar-refractivity contribution >= 4 is 52.7 Å². The molecule has 0 heterocycles. The summed E-state index contributed by atoms with van der Waals surface area (Å²) in [7, 11) is 3.04. The molecule has 0 radical (unpaired) electrons. The molecular weight excluding hydrogens is 445 g/mol. The van der Waals surface area contributed by atoms with E-state index >= 15 is 0 Å². The monoisotopic (exact) mass is 465 g/mol. The average molecular weight is 466 g/mol. The Morgan fingerprint density at radius 2 is 1.61 bits per heavy atom. The standard InChI is InChI=1S/C21H21Cl2N3O5/c1-30-17-7-3-13(11-18(17)31-2)4-8-20(28)25-26-21(29)10-9-19(27)24-16-6-5-14(22)12-15(16)23/h3-8,11-12H,9-10H2,1-2H3,(H,24,27)(H,25,28)(H,26,29)/b8-4+. The molecule has 3 N–H and O–H groups in total. The zero-order valence-corrected chi connectivity index (χ0v) is 18.3. The normalized spacial score (nSPS) is 10.5. The lowest BCUT2D eigenvalue weighted by atomic mass is 10.2. The van der Waals surface area contributed by atoms with Crippen LogP contribution in [0.5, 0.6) is 11.5 Å². The van der Waals surface area contributed by atoms with E-state index in [9.17, 15) is 14.4 Å². The van der Waals surface area contributed by atoms with Gasteiger partial charge in [0.1, 0.15) is 0 Å². The van der Waals surface area contributed by atoms with Crippen molar-refractivity contribution in [2.45, 2.75) is 12.8 Å². The molecule has 8 nitrogen and oxygen atoms in total. The summed E-state index contributed by atoms with van der Waals surface area (Å²) in [5, 5.41) is 3.32. The topological polar surface area (TPSA) is 106 Å². The molecule has 0 aliphatic carbocycles. The Morgan fingerprint density at radius 1 is 0.903 bits per heavy atom. The first-order chi connectivity index (χ1) is 14.8. The van der Waals surface area contributed by atoms with Crippen LogP contribution in [0.15, 0.2) is 42.5 Å². The predicted octanol–water partition coefficient (Wildman–Crippen LogP) is 3.59. The minimum atomic E-state index is -0.541. The molecule has 3 amide bonds. The summed E-state index contributed by atoms with van der Waals surface area (Å²) in [5.41, 5.74) is 5.58. The van der Waals surface area contributed by atoms with Gasteiger partial charge in [-0.1, -0.05) is 29.3 Å². The van der Waals surface area contributed by atoms with Crippen molar-refractivity contribution in [2.24, 2.45) is 0 Å². The van der Waals surface area contributed by atoms with Crippen molar-refractivity contribution in [2.75, 3.05) is 19.5 Å². The summed E-state index contributed by atoms with van der Waals surface area (Å²) in [4.78, 5) is 35.7. The zero-order chi connectivity index (χ0) is 22.8. The predicted molar refractivity (Wildman–Crippen MR) is 119 cm³/mol. The Hall–Kier alpha value is -3.23. The molecule has 2 aromatic rings. The molecule has 31 heavy (non-hydrogen) atoms. The molecule has 2 rings (SSSR count). The van der Waals surface area contributed by atoms with Gasteiger partial charge in [-0.05, 0) is 42.0 Å². The number of amides is 3. The van der Waals surface area contributed by atoms with Crippen LogP contribution >= 0.6 is 23.2 Å². The van der Waals surface area contributed by atoms with Crippen LogP contribution < -0.4 is 25.6 Å². The van der Waals surface area contributed by atoms with E-state index in [1.165, 1.54) is 26.4 Å². The molecular formula is C21H21Cl2N3O5. The summed E-state index contributed by atoms with van der Waals surface area (Å²) in [6, 6.07) is 9.80. The Balaban J connectivity index is 1.76. The number of hydrogen-bond acceptors (Lipinski definition) is 5. The maximum absolute atomic E-state index is 11.9. The second-order valence-electron chi connectivity index (χ2n) is 6.16. The fourth-order valence-electron chi connectivity index (χ4n) is 2.39. The first kappa shape index (κ1) is 24.0. The van der Waals surface area contributed by atoms with E-state index in [0.29, 0.717) is 32.8 Å². The van der Waals surface area contributed by atoms with Crippen LogP contribution in [0.1, 0.15) is 18.4 Å². The van der Waals surface area contributed by atoms with Crippen LogP contribution in [0, 0.1) is 0 Å². The molecule has 0 spiro atoms. The van der Waals surface area contributed by atoms with Crippen LogP contribution in [0.4, 0.5) is 5.69 Å². The molecule has 0 unspecified atom stereocenters. The minimum absolute atomic E-state index is 0.0951. The van der Waals surface area contributed by atoms with E-state index in [0.717, 1.165) is 0 Å². The maximum atomic E-state index is 11.9. The number of hydrazine groups is 1. The molecule has 0 aliphatic rings. The summed E-state index contributed by atoms with van der Waals surface area (Å²) in [5.74, 6) is -0.375. The number of methoxy groups -OCH3 is 2. The number of halogens is 2. The highest BCUT2D eigenvalue weighted by molar-refractivity contribution is 6.36. The van der Waals surface area contributed by atoms with Crippen molar-refractivity contribution in [1.29, 1.82) is 0 Å². The Kier molecular flexibility index (Phi) is 9.17. The van der Waals surface area contributed by atoms with Crippen LogP contribution in [-0.2, 0) is 14.4 Å². The number of hydrogen-bond donors (Lipinski definition) is 3. The first-order valence-corrected chi connectivity index (χ1v) is 9.81. The second kappa shape index (κ2) is 11.8. The van der Waals surface area contributed by atoms with Gasteiger partial charge in [0, 0.05) is 23.9 Å². The average Bonchev–Trinajstić information content (AvgIpc) is 2.76. The van der Waals surface area contributed by atoms with Gasteiger partial charge in [-0.3, -0.25) is 25.2 Å². The van der Waals surface area contributed by atoms with E-state index in [1.807, 2.05) is 0 Å². The second-order valence-corrected chi connectivity index (χ2v) is 7.00. The fourth-order valence-corrected chi connectivity index (χ4v) is 2.85. The van der Waals surface area contributed by atoms with E-state index in [4.69, 9.17) is 32.7 Å². The molecule has 2 aromatic carbocycles. The van der Waals surface area contributed by atoms with Gasteiger partial charge < -0.3 is 14.8 Å². The quantitative estimate of drug-likeness (QED) is 0.408. The van der Waals surface area contributed by atoms with Gasteiger partial charge in [0.05, 0.1) is 24.9 Å². The molecule has 10 heteroatoms. The smallest absolute Gasteiger partial charge is 0.262 e. The van der Waals surface area contributed by atoms with Crippen molar-refractivity contribution in [3.8, 4) is 11.5 Å². The van der Waals surface area contributed by atoms with Crippen molar-refractivity contribution < 1.29 is 23.9 Å². The number of rotatable bonds is 8. The largest absolute Gasteiger partial charge is 0.493 e. The van der Waals surface area contributed by atoms with Gasteiger partial charge in [-0.2, -0.15) is 0 Å². The van der Waals surface area contributed by atoms with Crippen LogP contribution in [0.3, 0.4) is 0 Å². The van der Waals surface area contributed by atoms with E-state index in [1.54, 1.807) is 36.4 Å². The molecule has 0 saturated carbocycles. The third-order valence-corrected chi connectivity index (χ3v) is 4.49. The fraction of sp³-hybridized carbons (Fsp3) is 0.190. The van der Waals surface area contributed by atoms with E-state index in [2.05, 4.69) is 16.2 Å². The van der Waals surface area contributed by atoms with Gasteiger partial charge in [0.25, 0.3) is 5.91 Å². The summed E-state index contributed by atoms with van der Waals surface area (Å²) in [6.45, 7) is 0. The van der Waals surface area contributed by atoms with Crippen LogP contribution in [0.25, 0.3) is 6.08 Å². The lowest BCUT2D eigenvalue weighted by Gasteiger charge is -2.08. The molecule has 0 saturated heterocycles. The third-order valence-electron chi connectivity index (χ3n) is 3.94. The lowest BCUT2D eigenvalue weighted by Crippen LogP contribution is -2.41. The summed E-state index contributed by atoms with van der Waals surface area (Å²) in [6.07, 6.45) is 2.57. The van der Waals surface area contributed by atoms with E-state index in [-0.39, 0.29) is 12.8 Å².